The van der Waals surface area contributed by atoms with Crippen molar-refractivity contribution in [1.82, 2.24) is 9.88 Å². The van der Waals surface area contributed by atoms with Crippen molar-refractivity contribution in [3.8, 4) is 0 Å². The summed E-state index contributed by atoms with van der Waals surface area (Å²) in [5, 5.41) is 3.38. The second-order valence-electron chi connectivity index (χ2n) is 4.52. The maximum atomic E-state index is 12.8. The van der Waals surface area contributed by atoms with Gasteiger partial charge in [-0.05, 0) is 42.8 Å². The van der Waals surface area contributed by atoms with Crippen LogP contribution in [0, 0.1) is 5.82 Å². The molecule has 0 saturated carbocycles. The fraction of sp³-hybridized carbons (Fsp3) is 0.333. The Bertz CT molecular complexity index is 487. The van der Waals surface area contributed by atoms with Crippen molar-refractivity contribution in [3.63, 3.8) is 0 Å². The summed E-state index contributed by atoms with van der Waals surface area (Å²) in [6, 6.07) is 9.13. The van der Waals surface area contributed by atoms with Crippen LogP contribution in [0.1, 0.15) is 31.0 Å². The highest BCUT2D eigenvalue weighted by Gasteiger charge is 2.05. The quantitative estimate of drug-likeness (QED) is 0.856. The Morgan fingerprint density at radius 1 is 1.22 bits per heavy atom. The molecule has 18 heavy (non-hydrogen) atoms. The van der Waals surface area contributed by atoms with E-state index in [2.05, 4.69) is 42.2 Å². The third-order valence-electron chi connectivity index (χ3n) is 3.06. The molecule has 2 nitrogen and oxygen atoms in total. The molecule has 1 N–H and O–H groups in total. The number of hydrogen-bond acceptors (Lipinski definition) is 1. The molecule has 0 radical (unpaired) electrons. The summed E-state index contributed by atoms with van der Waals surface area (Å²) in [6.07, 6.45) is 4.20. The fourth-order valence-corrected chi connectivity index (χ4v) is 2.04. The van der Waals surface area contributed by atoms with Gasteiger partial charge in [-0.15, -0.1) is 0 Å². The average Bonchev–Trinajstić information content (AvgIpc) is 2.81. The largest absolute Gasteiger partial charge is 0.350 e. The Morgan fingerprint density at radius 3 is 2.61 bits per heavy atom. The van der Waals surface area contributed by atoms with Crippen LogP contribution >= 0.6 is 0 Å². The highest BCUT2D eigenvalue weighted by molar-refractivity contribution is 5.19. The normalized spacial score (nSPS) is 12.6. The zero-order chi connectivity index (χ0) is 13.0. The second-order valence-corrected chi connectivity index (χ2v) is 4.52. The fourth-order valence-electron chi connectivity index (χ4n) is 2.04. The molecule has 2 aromatic rings. The van der Waals surface area contributed by atoms with Crippen molar-refractivity contribution in [2.24, 2.45) is 0 Å². The lowest BCUT2D eigenvalue weighted by Crippen LogP contribution is -2.17. The van der Waals surface area contributed by atoms with Gasteiger partial charge < -0.3 is 9.88 Å². The number of hydrogen-bond donors (Lipinski definition) is 1. The van der Waals surface area contributed by atoms with Crippen LogP contribution in [0.25, 0.3) is 0 Å². The van der Waals surface area contributed by atoms with Crippen LogP contribution in [-0.4, -0.2) is 11.1 Å². The maximum Gasteiger partial charge on any atom is 0.123 e. The smallest absolute Gasteiger partial charge is 0.123 e. The van der Waals surface area contributed by atoms with Crippen molar-refractivity contribution in [1.29, 1.82) is 0 Å². The Kier molecular flexibility index (Phi) is 4.15. The van der Waals surface area contributed by atoms with Gasteiger partial charge in [-0.25, -0.2) is 4.39 Å². The van der Waals surface area contributed by atoms with Gasteiger partial charge in [0.25, 0.3) is 0 Å². The number of nitrogens with zero attached hydrogens (tertiary/aromatic N) is 1. The molecule has 1 unspecified atom stereocenters. The minimum Gasteiger partial charge on any atom is -0.350 e. The monoisotopic (exact) mass is 246 g/mol. The summed E-state index contributed by atoms with van der Waals surface area (Å²) in [5.41, 5.74) is 2.38. The van der Waals surface area contributed by atoms with E-state index in [9.17, 15) is 4.39 Å². The molecule has 0 aliphatic heterocycles. The molecule has 0 aliphatic carbocycles. The molecular weight excluding hydrogens is 227 g/mol. The summed E-state index contributed by atoms with van der Waals surface area (Å²) < 4.78 is 14.9. The van der Waals surface area contributed by atoms with Gasteiger partial charge in [0.2, 0.25) is 0 Å². The third kappa shape index (κ3) is 3.20. The van der Waals surface area contributed by atoms with Gasteiger partial charge in [-0.2, -0.15) is 0 Å². The van der Waals surface area contributed by atoms with Gasteiger partial charge in [0, 0.05) is 25.0 Å². The predicted octanol–water partition coefficient (Wildman–Crippen LogP) is 3.35. The Morgan fingerprint density at radius 2 is 1.94 bits per heavy atom. The van der Waals surface area contributed by atoms with E-state index < -0.39 is 0 Å². The Balaban J connectivity index is 2.04. The van der Waals surface area contributed by atoms with Crippen LogP contribution < -0.4 is 5.32 Å². The van der Waals surface area contributed by atoms with Crippen molar-refractivity contribution in [2.45, 2.75) is 26.4 Å². The number of rotatable bonds is 5. The van der Waals surface area contributed by atoms with Crippen molar-refractivity contribution < 1.29 is 4.39 Å². The zero-order valence-electron chi connectivity index (χ0n) is 10.9. The van der Waals surface area contributed by atoms with E-state index in [0.717, 1.165) is 18.7 Å². The van der Waals surface area contributed by atoms with Gasteiger partial charge in [-0.1, -0.05) is 19.1 Å². The highest BCUT2D eigenvalue weighted by Crippen LogP contribution is 2.14. The van der Waals surface area contributed by atoms with Crippen LogP contribution in [-0.2, 0) is 6.54 Å². The molecule has 0 bridgehead atoms. The standard InChI is InChI=1S/C15H19FN2/c1-3-17-12(2)14-8-9-18(11-14)10-13-4-6-15(16)7-5-13/h4-9,11-12,17H,3,10H2,1-2H3. The first kappa shape index (κ1) is 12.8. The number of benzene rings is 1. The first-order chi connectivity index (χ1) is 8.69. The molecule has 0 amide bonds. The molecule has 1 atom stereocenters. The van der Waals surface area contributed by atoms with Gasteiger partial charge in [-0.3, -0.25) is 0 Å². The van der Waals surface area contributed by atoms with E-state index in [4.69, 9.17) is 0 Å². The van der Waals surface area contributed by atoms with Crippen molar-refractivity contribution in [2.75, 3.05) is 6.54 Å². The molecule has 96 valence electrons. The summed E-state index contributed by atoms with van der Waals surface area (Å²) in [5.74, 6) is -0.187. The Hall–Kier alpha value is -1.61. The van der Waals surface area contributed by atoms with Gasteiger partial charge >= 0.3 is 0 Å². The minimum absolute atomic E-state index is 0.187. The first-order valence-electron chi connectivity index (χ1n) is 6.32. The summed E-state index contributed by atoms with van der Waals surface area (Å²) in [6.45, 7) is 6.00. The molecule has 1 aromatic carbocycles. The molecule has 1 heterocycles. The Labute approximate surface area is 107 Å². The lowest BCUT2D eigenvalue weighted by atomic mass is 10.2. The van der Waals surface area contributed by atoms with Crippen molar-refractivity contribution in [3.05, 3.63) is 59.7 Å². The minimum atomic E-state index is -0.187. The van der Waals surface area contributed by atoms with E-state index in [1.54, 1.807) is 0 Å². The molecule has 0 aliphatic rings. The van der Waals surface area contributed by atoms with Crippen LogP contribution in [0.5, 0.6) is 0 Å². The lowest BCUT2D eigenvalue weighted by Gasteiger charge is -2.10. The van der Waals surface area contributed by atoms with Crippen LogP contribution in [0.15, 0.2) is 42.7 Å². The van der Waals surface area contributed by atoms with Gasteiger partial charge in [0.15, 0.2) is 0 Å². The molecule has 0 spiro atoms. The van der Waals surface area contributed by atoms with Gasteiger partial charge in [0.05, 0.1) is 0 Å². The van der Waals surface area contributed by atoms with Crippen LogP contribution in [0.3, 0.4) is 0 Å². The first-order valence-corrected chi connectivity index (χ1v) is 6.32. The molecular formula is C15H19FN2. The molecule has 3 heteroatoms. The van der Waals surface area contributed by atoms with Gasteiger partial charge in [0.1, 0.15) is 5.82 Å². The predicted molar refractivity (Wildman–Crippen MR) is 72.0 cm³/mol. The molecule has 0 fully saturated rings. The second kappa shape index (κ2) is 5.83. The summed E-state index contributed by atoms with van der Waals surface area (Å²) in [7, 11) is 0. The number of aromatic nitrogens is 1. The number of halogens is 1. The van der Waals surface area contributed by atoms with E-state index in [-0.39, 0.29) is 5.82 Å². The zero-order valence-corrected chi connectivity index (χ0v) is 10.9. The topological polar surface area (TPSA) is 17.0 Å². The molecule has 2 rings (SSSR count). The molecule has 0 saturated heterocycles. The van der Waals surface area contributed by atoms with E-state index in [0.29, 0.717) is 6.04 Å². The summed E-state index contributed by atoms with van der Waals surface area (Å²) >= 11 is 0. The highest BCUT2D eigenvalue weighted by atomic mass is 19.1. The lowest BCUT2D eigenvalue weighted by molar-refractivity contribution is 0.596. The van der Waals surface area contributed by atoms with E-state index >= 15 is 0 Å². The van der Waals surface area contributed by atoms with E-state index in [1.807, 2.05) is 12.1 Å². The summed E-state index contributed by atoms with van der Waals surface area (Å²) in [4.78, 5) is 0. The van der Waals surface area contributed by atoms with Crippen LogP contribution in [0.2, 0.25) is 0 Å². The molecule has 1 aromatic heterocycles. The van der Waals surface area contributed by atoms with E-state index in [1.165, 1.54) is 17.7 Å². The van der Waals surface area contributed by atoms with Crippen LogP contribution in [0.4, 0.5) is 4.39 Å². The van der Waals surface area contributed by atoms with Crippen molar-refractivity contribution >= 4 is 0 Å². The average molecular weight is 246 g/mol. The SMILES string of the molecule is CCNC(C)c1ccn(Cc2ccc(F)cc2)c1. The third-order valence-corrected chi connectivity index (χ3v) is 3.06. The maximum absolute atomic E-state index is 12.8. The number of nitrogens with one attached hydrogen (secondary N) is 1.